The molecule has 0 radical (unpaired) electrons. The van der Waals surface area contributed by atoms with Gasteiger partial charge in [0.05, 0.1) is 18.9 Å². The van der Waals surface area contributed by atoms with E-state index in [9.17, 15) is 14.7 Å². The summed E-state index contributed by atoms with van der Waals surface area (Å²) in [4.78, 5) is 23.6. The van der Waals surface area contributed by atoms with Crippen molar-refractivity contribution >= 4 is 17.3 Å². The van der Waals surface area contributed by atoms with Crippen molar-refractivity contribution in [3.8, 4) is 5.75 Å². The molecule has 0 saturated heterocycles. The van der Waals surface area contributed by atoms with Gasteiger partial charge >= 0.3 is 5.97 Å². The van der Waals surface area contributed by atoms with Crippen LogP contribution in [0.2, 0.25) is 0 Å². The van der Waals surface area contributed by atoms with Gasteiger partial charge in [-0.2, -0.15) is 11.3 Å². The maximum absolute atomic E-state index is 11.8. The van der Waals surface area contributed by atoms with Crippen LogP contribution in [0.4, 0.5) is 0 Å². The molecule has 6 nitrogen and oxygen atoms in total. The largest absolute Gasteiger partial charge is 0.502 e. The normalized spacial score (nSPS) is 12.1. The van der Waals surface area contributed by atoms with Crippen molar-refractivity contribution in [2.45, 2.75) is 25.9 Å². The molecule has 7 heteroatoms. The van der Waals surface area contributed by atoms with Gasteiger partial charge in [-0.15, -0.1) is 0 Å². The Morgan fingerprint density at radius 2 is 2.27 bits per heavy atom. The molecule has 0 bridgehead atoms. The number of aliphatic hydroxyl groups excluding tert-OH is 1. The summed E-state index contributed by atoms with van der Waals surface area (Å²) in [6.07, 6.45) is -0.0735. The highest BCUT2D eigenvalue weighted by molar-refractivity contribution is 7.08. The van der Waals surface area contributed by atoms with E-state index in [0.29, 0.717) is 0 Å². The van der Waals surface area contributed by atoms with Crippen LogP contribution in [-0.2, 0) is 16.1 Å². The van der Waals surface area contributed by atoms with Crippen LogP contribution < -0.4 is 5.43 Å². The second-order valence-electron chi connectivity index (χ2n) is 4.57. The van der Waals surface area contributed by atoms with E-state index in [4.69, 9.17) is 14.3 Å². The molecule has 22 heavy (non-hydrogen) atoms. The number of carbonyl (C=O) groups is 1. The van der Waals surface area contributed by atoms with E-state index in [1.165, 1.54) is 11.3 Å². The van der Waals surface area contributed by atoms with Crippen molar-refractivity contribution in [2.75, 3.05) is 6.61 Å². The molecule has 0 unspecified atom stereocenters. The summed E-state index contributed by atoms with van der Waals surface area (Å²) in [5, 5.41) is 22.8. The summed E-state index contributed by atoms with van der Waals surface area (Å²) in [5.41, 5.74) is 0.0704. The average molecular weight is 324 g/mol. The van der Waals surface area contributed by atoms with E-state index in [1.807, 2.05) is 5.38 Å². The van der Waals surface area contributed by atoms with Crippen molar-refractivity contribution in [1.29, 1.82) is 0 Å². The maximum Gasteiger partial charge on any atom is 0.306 e. The van der Waals surface area contributed by atoms with E-state index in [2.05, 4.69) is 0 Å². The summed E-state index contributed by atoms with van der Waals surface area (Å²) in [7, 11) is 0. The number of ether oxygens (including phenoxy) is 1. The fourth-order valence-electron chi connectivity index (χ4n) is 2.09. The van der Waals surface area contributed by atoms with Gasteiger partial charge < -0.3 is 19.4 Å². The van der Waals surface area contributed by atoms with Crippen LogP contribution in [0.25, 0.3) is 0 Å². The minimum Gasteiger partial charge on any atom is -0.502 e. The first-order valence-corrected chi connectivity index (χ1v) is 7.65. The van der Waals surface area contributed by atoms with Crippen LogP contribution in [0.1, 0.15) is 36.3 Å². The Morgan fingerprint density at radius 3 is 2.86 bits per heavy atom. The van der Waals surface area contributed by atoms with E-state index in [0.717, 1.165) is 11.6 Å². The molecule has 0 aliphatic carbocycles. The minimum absolute atomic E-state index is 0.0295. The van der Waals surface area contributed by atoms with Gasteiger partial charge in [0.2, 0.25) is 11.2 Å². The molecule has 2 rings (SSSR count). The van der Waals surface area contributed by atoms with Gasteiger partial charge in [-0.3, -0.25) is 9.59 Å². The van der Waals surface area contributed by atoms with Gasteiger partial charge in [0.1, 0.15) is 12.4 Å². The minimum atomic E-state index is -0.658. The highest BCUT2D eigenvalue weighted by atomic mass is 32.1. The van der Waals surface area contributed by atoms with Gasteiger partial charge in [-0.1, -0.05) is 0 Å². The van der Waals surface area contributed by atoms with E-state index >= 15 is 0 Å². The van der Waals surface area contributed by atoms with Crippen LogP contribution >= 0.6 is 11.3 Å². The van der Waals surface area contributed by atoms with Crippen LogP contribution in [0, 0.1) is 0 Å². The molecule has 0 fully saturated rings. The first kappa shape index (κ1) is 16.3. The summed E-state index contributed by atoms with van der Waals surface area (Å²) < 4.78 is 10.3. The second-order valence-corrected chi connectivity index (χ2v) is 5.35. The summed E-state index contributed by atoms with van der Waals surface area (Å²) >= 11 is 1.42. The van der Waals surface area contributed by atoms with Gasteiger partial charge in [-0.25, -0.2) is 0 Å². The van der Waals surface area contributed by atoms with E-state index < -0.39 is 29.7 Å². The Kier molecular flexibility index (Phi) is 5.35. The molecule has 0 spiro atoms. The average Bonchev–Trinajstić information content (AvgIpc) is 3.02. The fourth-order valence-corrected chi connectivity index (χ4v) is 2.81. The summed E-state index contributed by atoms with van der Waals surface area (Å²) in [6, 6.07) is 2.80. The highest BCUT2D eigenvalue weighted by Gasteiger charge is 2.26. The fraction of sp³-hybridized carbons (Fsp3) is 0.333. The van der Waals surface area contributed by atoms with Gasteiger partial charge in [0.25, 0.3) is 0 Å². The first-order chi connectivity index (χ1) is 10.6. The number of aromatic hydroxyl groups is 1. The molecule has 0 amide bonds. The number of rotatable bonds is 6. The zero-order chi connectivity index (χ0) is 16.1. The van der Waals surface area contributed by atoms with Crippen LogP contribution in [0.5, 0.6) is 5.75 Å². The molecule has 118 valence electrons. The SMILES string of the molecule is CCOC(=O)C[C@H](c1ccsc1)c1oc(CO)cc(=O)c1O. The lowest BCUT2D eigenvalue weighted by Crippen LogP contribution is -2.14. The van der Waals surface area contributed by atoms with Crippen molar-refractivity contribution in [3.63, 3.8) is 0 Å². The Balaban J connectivity index is 2.47. The van der Waals surface area contributed by atoms with Crippen molar-refractivity contribution in [3.05, 3.63) is 50.2 Å². The van der Waals surface area contributed by atoms with Crippen LogP contribution in [-0.4, -0.2) is 22.8 Å². The van der Waals surface area contributed by atoms with Crippen LogP contribution in [0.3, 0.4) is 0 Å². The molecular formula is C15H16O6S. The standard InChI is InChI=1S/C15H16O6S/c1-2-20-13(18)6-11(9-3-4-22-8-9)15-14(19)12(17)5-10(7-16)21-15/h3-5,8,11,16,19H,2,6-7H2,1H3/t11-/m1/s1. The van der Waals surface area contributed by atoms with E-state index in [1.54, 1.807) is 18.4 Å². The molecule has 0 aliphatic rings. The third-order valence-electron chi connectivity index (χ3n) is 3.09. The topological polar surface area (TPSA) is 97.0 Å². The lowest BCUT2D eigenvalue weighted by atomic mass is 9.94. The van der Waals surface area contributed by atoms with Crippen molar-refractivity contribution in [2.24, 2.45) is 0 Å². The number of esters is 1. The predicted molar refractivity (Wildman–Crippen MR) is 80.0 cm³/mol. The zero-order valence-corrected chi connectivity index (χ0v) is 12.8. The lowest BCUT2D eigenvalue weighted by Gasteiger charge is -2.16. The number of aliphatic hydroxyl groups is 1. The number of carbonyl (C=O) groups excluding carboxylic acids is 1. The van der Waals surface area contributed by atoms with Gasteiger partial charge in [0, 0.05) is 6.07 Å². The van der Waals surface area contributed by atoms with Crippen molar-refractivity contribution in [1.82, 2.24) is 0 Å². The molecule has 0 saturated carbocycles. The van der Waals surface area contributed by atoms with E-state index in [-0.39, 0.29) is 24.5 Å². The third kappa shape index (κ3) is 3.55. The Hall–Kier alpha value is -2.12. The molecule has 0 aromatic carbocycles. The monoisotopic (exact) mass is 324 g/mol. The van der Waals surface area contributed by atoms with Gasteiger partial charge in [-0.05, 0) is 29.3 Å². The van der Waals surface area contributed by atoms with Crippen molar-refractivity contribution < 1.29 is 24.2 Å². The lowest BCUT2D eigenvalue weighted by molar-refractivity contribution is -0.143. The molecule has 0 aliphatic heterocycles. The second kappa shape index (κ2) is 7.24. The number of thiophene rings is 1. The molecule has 2 N–H and O–H groups in total. The Bertz CT molecular complexity index is 689. The Labute approximate surface area is 130 Å². The molecule has 2 aromatic heterocycles. The summed E-state index contributed by atoms with van der Waals surface area (Å²) in [5.74, 6) is -1.68. The first-order valence-electron chi connectivity index (χ1n) is 6.71. The van der Waals surface area contributed by atoms with Crippen LogP contribution in [0.15, 0.2) is 32.1 Å². The quantitative estimate of drug-likeness (QED) is 0.789. The molecular weight excluding hydrogens is 308 g/mol. The molecule has 2 heterocycles. The maximum atomic E-state index is 11.8. The number of hydrogen-bond donors (Lipinski definition) is 2. The Morgan fingerprint density at radius 1 is 1.50 bits per heavy atom. The molecule has 1 atom stereocenters. The predicted octanol–water partition coefficient (Wildman–Crippen LogP) is 1.98. The van der Waals surface area contributed by atoms with Gasteiger partial charge in [0.15, 0.2) is 5.76 Å². The zero-order valence-electron chi connectivity index (χ0n) is 11.9. The molecule has 2 aromatic rings. The number of hydrogen-bond acceptors (Lipinski definition) is 7. The summed E-state index contributed by atoms with van der Waals surface area (Å²) in [6.45, 7) is 1.46. The smallest absolute Gasteiger partial charge is 0.306 e. The third-order valence-corrected chi connectivity index (χ3v) is 3.80. The highest BCUT2D eigenvalue weighted by Crippen LogP contribution is 2.34.